The molecule has 9 heteroatoms. The van der Waals surface area contributed by atoms with Crippen molar-refractivity contribution in [1.82, 2.24) is 15.5 Å². The highest BCUT2D eigenvalue weighted by Crippen LogP contribution is 2.21. The van der Waals surface area contributed by atoms with Gasteiger partial charge in [-0.25, -0.2) is 4.79 Å². The predicted octanol–water partition coefficient (Wildman–Crippen LogP) is 12.8. The molecule has 0 bridgehead atoms. The molecule has 0 radical (unpaired) electrons. The maximum atomic E-state index is 12.5. The molecule has 3 atom stereocenters. The van der Waals surface area contributed by atoms with Crippen molar-refractivity contribution in [3.8, 4) is 0 Å². The number of unbranched alkanes of at least 4 members (excludes halogenated alkanes) is 5. The van der Waals surface area contributed by atoms with Crippen molar-refractivity contribution in [1.29, 1.82) is 0 Å². The SMILES string of the molecule is C=C(C(CC1=CCC=C(Cl)C=C1)NC(=O)[C@H](C)CC)N(CC=O)CCC.CC.CC.CC.CCCCCCC.CNC(=O)C(C)CCCCOC(=O)c1ccccc1. The molecular weight excluding hydrogens is 746 g/mol. The van der Waals surface area contributed by atoms with E-state index in [4.69, 9.17) is 16.3 Å². The summed E-state index contributed by atoms with van der Waals surface area (Å²) in [5.41, 5.74) is 2.43. The molecule has 2 N–H and O–H groups in total. The first-order chi connectivity index (χ1) is 28.0. The number of ether oxygens (including phenoxy) is 1. The number of hydrogen-bond acceptors (Lipinski definition) is 6. The fraction of sp³-hybridized carbons (Fsp3) is 0.633. The Labute approximate surface area is 361 Å². The van der Waals surface area contributed by atoms with Crippen molar-refractivity contribution in [3.63, 3.8) is 0 Å². The molecule has 334 valence electrons. The molecular formula is C49H86ClN3O5. The topological polar surface area (TPSA) is 105 Å². The Balaban J connectivity index is -0.000000397. The van der Waals surface area contributed by atoms with Crippen LogP contribution in [0.3, 0.4) is 0 Å². The first-order valence-electron chi connectivity index (χ1n) is 22.3. The number of nitrogens with zero attached hydrogens (tertiary/aromatic N) is 1. The van der Waals surface area contributed by atoms with Crippen molar-refractivity contribution >= 4 is 35.7 Å². The van der Waals surface area contributed by atoms with Crippen molar-refractivity contribution in [2.75, 3.05) is 26.7 Å². The molecule has 8 nitrogen and oxygen atoms in total. The molecule has 0 aromatic heterocycles. The number of hydrogen-bond donors (Lipinski definition) is 2. The van der Waals surface area contributed by atoms with E-state index in [1.54, 1.807) is 19.2 Å². The highest BCUT2D eigenvalue weighted by Gasteiger charge is 2.23. The highest BCUT2D eigenvalue weighted by atomic mass is 35.5. The summed E-state index contributed by atoms with van der Waals surface area (Å²) >= 11 is 6.07. The van der Waals surface area contributed by atoms with Crippen LogP contribution in [0, 0.1) is 11.8 Å². The number of halogens is 1. The van der Waals surface area contributed by atoms with Gasteiger partial charge in [0.2, 0.25) is 11.8 Å². The van der Waals surface area contributed by atoms with Crippen LogP contribution in [0.15, 0.2) is 77.5 Å². The third kappa shape index (κ3) is 32.3. The van der Waals surface area contributed by atoms with Gasteiger partial charge in [0, 0.05) is 36.2 Å². The summed E-state index contributed by atoms with van der Waals surface area (Å²) in [4.78, 5) is 48.4. The van der Waals surface area contributed by atoms with Crippen LogP contribution >= 0.6 is 11.6 Å². The van der Waals surface area contributed by atoms with Crippen molar-refractivity contribution in [3.05, 3.63) is 83.1 Å². The summed E-state index contributed by atoms with van der Waals surface area (Å²) in [6, 6.07) is 8.68. The zero-order chi connectivity index (χ0) is 45.1. The van der Waals surface area contributed by atoms with E-state index in [1.165, 1.54) is 32.1 Å². The van der Waals surface area contributed by atoms with E-state index in [-0.39, 0.29) is 42.2 Å². The summed E-state index contributed by atoms with van der Waals surface area (Å²) < 4.78 is 5.16. The second-order valence-electron chi connectivity index (χ2n) is 13.2. The second kappa shape index (κ2) is 44.5. The van der Waals surface area contributed by atoms with E-state index in [2.05, 4.69) is 44.1 Å². The number of amides is 2. The lowest BCUT2D eigenvalue weighted by atomic mass is 10.00. The molecule has 1 aliphatic rings. The minimum absolute atomic E-state index is 0.00910. The molecule has 0 saturated heterocycles. The standard InChI is InChI=1S/C21H31ClN2O2.C15H21NO3.C7H16.3C2H6/c1-5-12-24(13-14-25)17(4)20(23-21(26)16(3)6-2)15-18-8-7-9-19(22)11-10-18;1-12(14(17)16-2)8-6-7-11-19-15(18)13-9-4-3-5-10-13;1-3-5-7-6-4-2;3*1-2/h8-11,14,16,20H,4-7,12-13,15H2,1-3H3,(H,23,26);3-5,9-10,12H,6-8,11H2,1-2H3,(H,16,17);3-7H2,1-2H3;3*1-2H3/t16-,20?;;;;;/m1...../s1. The number of aldehydes is 1. The third-order valence-electron chi connectivity index (χ3n) is 8.74. The van der Waals surface area contributed by atoms with Gasteiger partial charge in [0.15, 0.2) is 0 Å². The van der Waals surface area contributed by atoms with Gasteiger partial charge in [-0.3, -0.25) is 9.59 Å². The Kier molecular flexibility index (Phi) is 46.8. The van der Waals surface area contributed by atoms with Gasteiger partial charge in [-0.1, -0.05) is 170 Å². The van der Waals surface area contributed by atoms with Crippen molar-refractivity contribution < 1.29 is 23.9 Å². The van der Waals surface area contributed by atoms with Gasteiger partial charge in [0.1, 0.15) is 6.29 Å². The molecule has 0 aliphatic heterocycles. The lowest BCUT2D eigenvalue weighted by Gasteiger charge is -2.31. The average molecular weight is 833 g/mol. The van der Waals surface area contributed by atoms with Gasteiger partial charge >= 0.3 is 5.97 Å². The van der Waals surface area contributed by atoms with Crippen molar-refractivity contribution in [2.45, 2.75) is 166 Å². The quantitative estimate of drug-likeness (QED) is 0.0685. The van der Waals surface area contributed by atoms with Gasteiger partial charge in [0.05, 0.1) is 24.8 Å². The minimum atomic E-state index is -0.292. The van der Waals surface area contributed by atoms with Gasteiger partial charge in [0.25, 0.3) is 0 Å². The number of allylic oxidation sites excluding steroid dienone is 5. The van der Waals surface area contributed by atoms with Crippen LogP contribution in [-0.2, 0) is 19.1 Å². The average Bonchev–Trinajstić information content (AvgIpc) is 3.48. The number of benzene rings is 1. The second-order valence-corrected chi connectivity index (χ2v) is 13.6. The maximum absolute atomic E-state index is 12.5. The number of carbonyl (C=O) groups excluding carboxylic acids is 4. The number of rotatable bonds is 22. The fourth-order valence-corrected chi connectivity index (χ4v) is 5.30. The Morgan fingerprint density at radius 2 is 1.43 bits per heavy atom. The van der Waals surface area contributed by atoms with Crippen LogP contribution in [0.1, 0.15) is 170 Å². The number of carbonyl (C=O) groups is 4. The van der Waals surface area contributed by atoms with E-state index in [0.717, 1.165) is 62.6 Å². The fourth-order valence-electron chi connectivity index (χ4n) is 5.15. The largest absolute Gasteiger partial charge is 0.462 e. The van der Waals surface area contributed by atoms with E-state index in [0.29, 0.717) is 23.6 Å². The smallest absolute Gasteiger partial charge is 0.338 e. The molecule has 58 heavy (non-hydrogen) atoms. The Morgan fingerprint density at radius 3 is 1.95 bits per heavy atom. The van der Waals surface area contributed by atoms with E-state index in [9.17, 15) is 19.2 Å². The van der Waals surface area contributed by atoms with Crippen LogP contribution < -0.4 is 10.6 Å². The first kappa shape index (κ1) is 61.0. The van der Waals surface area contributed by atoms with Gasteiger partial charge < -0.3 is 25.1 Å². The molecule has 0 spiro atoms. The monoisotopic (exact) mass is 832 g/mol. The summed E-state index contributed by atoms with van der Waals surface area (Å²) in [7, 11) is 1.64. The molecule has 1 aromatic carbocycles. The summed E-state index contributed by atoms with van der Waals surface area (Å²) in [5.74, 6) is -0.280. The molecule has 1 aliphatic carbocycles. The molecule has 2 unspecified atom stereocenters. The van der Waals surface area contributed by atoms with Crippen LogP contribution in [0.5, 0.6) is 0 Å². The minimum Gasteiger partial charge on any atom is -0.462 e. The first-order valence-corrected chi connectivity index (χ1v) is 22.7. The maximum Gasteiger partial charge on any atom is 0.338 e. The zero-order valence-electron chi connectivity index (χ0n) is 39.2. The van der Waals surface area contributed by atoms with E-state index >= 15 is 0 Å². The molecule has 1 aromatic rings. The highest BCUT2D eigenvalue weighted by molar-refractivity contribution is 6.31. The molecule has 0 saturated carbocycles. The van der Waals surface area contributed by atoms with E-state index in [1.807, 2.05) is 104 Å². The van der Waals surface area contributed by atoms with Gasteiger partial charge in [-0.05, 0) is 68.7 Å². The zero-order valence-corrected chi connectivity index (χ0v) is 39.9. The Hall–Kier alpha value is -3.65. The van der Waals surface area contributed by atoms with Crippen LogP contribution in [-0.4, -0.2) is 61.8 Å². The lowest BCUT2D eigenvalue weighted by Crippen LogP contribution is -2.44. The molecule has 0 heterocycles. The van der Waals surface area contributed by atoms with Gasteiger partial charge in [-0.15, -0.1) is 0 Å². The number of nitrogens with one attached hydrogen (secondary N) is 2. The third-order valence-corrected chi connectivity index (χ3v) is 9.02. The van der Waals surface area contributed by atoms with Crippen LogP contribution in [0.25, 0.3) is 0 Å². The van der Waals surface area contributed by atoms with Crippen LogP contribution in [0.4, 0.5) is 0 Å². The van der Waals surface area contributed by atoms with Crippen molar-refractivity contribution in [2.24, 2.45) is 11.8 Å². The van der Waals surface area contributed by atoms with E-state index < -0.39 is 0 Å². The number of esters is 1. The lowest BCUT2D eigenvalue weighted by molar-refractivity contribution is -0.125. The molecule has 0 fully saturated rings. The molecule has 2 amide bonds. The normalized spacial score (nSPS) is 12.4. The molecule has 2 rings (SSSR count). The van der Waals surface area contributed by atoms with Crippen LogP contribution in [0.2, 0.25) is 0 Å². The predicted molar refractivity (Wildman–Crippen MR) is 251 cm³/mol. The Bertz CT molecular complexity index is 1260. The summed E-state index contributed by atoms with van der Waals surface area (Å²) in [6.45, 7) is 30.0. The summed E-state index contributed by atoms with van der Waals surface area (Å²) in [6.07, 6.45) is 21.3. The summed E-state index contributed by atoms with van der Waals surface area (Å²) in [5, 5.41) is 6.46. The Morgan fingerprint density at radius 1 is 0.828 bits per heavy atom. The van der Waals surface area contributed by atoms with Gasteiger partial charge in [-0.2, -0.15) is 0 Å².